The predicted octanol–water partition coefficient (Wildman–Crippen LogP) is 2.63. The topological polar surface area (TPSA) is 108 Å². The van der Waals surface area contributed by atoms with Crippen LogP contribution in [0.5, 0.6) is 5.75 Å². The summed E-state index contributed by atoms with van der Waals surface area (Å²) in [5, 5.41) is 14.8. The molecule has 192 valence electrons. The van der Waals surface area contributed by atoms with Gasteiger partial charge in [0, 0.05) is 32.7 Å². The van der Waals surface area contributed by atoms with E-state index in [9.17, 15) is 22.7 Å². The molecule has 1 fully saturated rings. The number of sulfonamides is 1. The van der Waals surface area contributed by atoms with Crippen molar-refractivity contribution in [1.82, 2.24) is 14.9 Å². The predicted molar refractivity (Wildman–Crippen MR) is 135 cm³/mol. The number of hydrogen-bond donors (Lipinski definition) is 3. The summed E-state index contributed by atoms with van der Waals surface area (Å²) in [6.45, 7) is 5.82. The van der Waals surface area contributed by atoms with Crippen molar-refractivity contribution in [3.05, 3.63) is 72.0 Å². The van der Waals surface area contributed by atoms with Crippen molar-refractivity contribution in [2.45, 2.75) is 23.8 Å². The quantitative estimate of drug-likeness (QED) is 0.337. The summed E-state index contributed by atoms with van der Waals surface area (Å²) in [5.74, 6) is -1.11. The zero-order chi connectivity index (χ0) is 25.5. The summed E-state index contributed by atoms with van der Waals surface area (Å²) in [6, 6.07) is 14.0. The molecule has 3 aromatic carbocycles. The molecule has 4 rings (SSSR count). The van der Waals surface area contributed by atoms with Crippen molar-refractivity contribution >= 4 is 26.8 Å². The summed E-state index contributed by atoms with van der Waals surface area (Å²) in [7, 11) is -4.13. The number of carbonyl (C=O) groups is 1. The molecule has 36 heavy (non-hydrogen) atoms. The van der Waals surface area contributed by atoms with E-state index in [1.165, 1.54) is 0 Å². The summed E-state index contributed by atoms with van der Waals surface area (Å²) in [6.07, 6.45) is 0.900. The molecular weight excluding hydrogens is 485 g/mol. The Labute approximate surface area is 210 Å². The van der Waals surface area contributed by atoms with Gasteiger partial charge in [0.1, 0.15) is 17.6 Å². The monoisotopic (exact) mass is 515 g/mol. The maximum atomic E-state index is 13.1. The molecule has 8 nitrogen and oxygen atoms in total. The second-order valence-corrected chi connectivity index (χ2v) is 10.5. The number of aliphatic carboxylic acids is 1. The highest BCUT2D eigenvalue weighted by atomic mass is 32.2. The standard InChI is InChI=1S/C26H30FN3O5S/c27-22-5-8-24(9-6-22)36(33,34)29-25(26(31)32)17-19-2-3-21-18-23(7-4-20(21)16-19)35-15-1-12-30-13-10-28-11-14-30/h2-9,16,18,25,28-29H,1,10-15,17H2,(H,31,32). The maximum Gasteiger partial charge on any atom is 0.322 e. The normalized spacial score (nSPS) is 15.6. The van der Waals surface area contributed by atoms with Crippen LogP contribution in [0.1, 0.15) is 12.0 Å². The van der Waals surface area contributed by atoms with Gasteiger partial charge in [0.05, 0.1) is 11.5 Å². The highest BCUT2D eigenvalue weighted by Gasteiger charge is 2.26. The minimum atomic E-state index is -4.13. The third kappa shape index (κ3) is 7.01. The number of carboxylic acids is 1. The minimum Gasteiger partial charge on any atom is -0.494 e. The Bertz CT molecular complexity index is 1290. The Morgan fingerprint density at radius 3 is 2.47 bits per heavy atom. The average Bonchev–Trinajstić information content (AvgIpc) is 2.87. The van der Waals surface area contributed by atoms with E-state index in [2.05, 4.69) is 14.9 Å². The van der Waals surface area contributed by atoms with Crippen LogP contribution in [0.15, 0.2) is 65.6 Å². The number of nitrogens with one attached hydrogen (secondary N) is 2. The number of nitrogens with zero attached hydrogens (tertiary/aromatic N) is 1. The van der Waals surface area contributed by atoms with Crippen molar-refractivity contribution in [3.63, 3.8) is 0 Å². The molecule has 0 aromatic heterocycles. The molecule has 0 saturated carbocycles. The lowest BCUT2D eigenvalue weighted by Crippen LogP contribution is -2.43. The second-order valence-electron chi connectivity index (χ2n) is 8.81. The third-order valence-corrected chi connectivity index (χ3v) is 7.62. The molecule has 10 heteroatoms. The van der Waals surface area contributed by atoms with Crippen LogP contribution in [0.25, 0.3) is 10.8 Å². The van der Waals surface area contributed by atoms with Gasteiger partial charge in [-0.15, -0.1) is 0 Å². The first-order valence-electron chi connectivity index (χ1n) is 11.9. The third-order valence-electron chi connectivity index (χ3n) is 6.13. The molecule has 3 N–H and O–H groups in total. The lowest BCUT2D eigenvalue weighted by Gasteiger charge is -2.26. The van der Waals surface area contributed by atoms with E-state index in [4.69, 9.17) is 4.74 Å². The zero-order valence-corrected chi connectivity index (χ0v) is 20.6. The number of carboxylic acid groups (broad SMARTS) is 1. The Hall–Kier alpha value is -3.05. The number of ether oxygens (including phenoxy) is 1. The van der Waals surface area contributed by atoms with Gasteiger partial charge in [0.2, 0.25) is 10.0 Å². The molecular formula is C26H30FN3O5S. The first-order valence-corrected chi connectivity index (χ1v) is 13.4. The van der Waals surface area contributed by atoms with E-state index in [0.29, 0.717) is 12.2 Å². The maximum absolute atomic E-state index is 13.1. The first-order chi connectivity index (χ1) is 17.3. The van der Waals surface area contributed by atoms with Gasteiger partial charge in [-0.1, -0.05) is 24.3 Å². The largest absolute Gasteiger partial charge is 0.494 e. The van der Waals surface area contributed by atoms with Crippen molar-refractivity contribution in [1.29, 1.82) is 0 Å². The fourth-order valence-corrected chi connectivity index (χ4v) is 5.38. The van der Waals surface area contributed by atoms with E-state index in [-0.39, 0.29) is 11.3 Å². The van der Waals surface area contributed by atoms with Gasteiger partial charge in [-0.05, 0) is 65.6 Å². The van der Waals surface area contributed by atoms with E-state index in [0.717, 1.165) is 79.9 Å². The van der Waals surface area contributed by atoms with Crippen LogP contribution in [0.2, 0.25) is 0 Å². The van der Waals surface area contributed by atoms with Crippen LogP contribution >= 0.6 is 0 Å². The smallest absolute Gasteiger partial charge is 0.322 e. The fourth-order valence-electron chi connectivity index (χ4n) is 4.19. The molecule has 3 aromatic rings. The Morgan fingerprint density at radius 1 is 1.06 bits per heavy atom. The molecule has 1 heterocycles. The Kier molecular flexibility index (Phi) is 8.52. The molecule has 1 unspecified atom stereocenters. The lowest BCUT2D eigenvalue weighted by molar-refractivity contribution is -0.138. The van der Waals surface area contributed by atoms with Crippen LogP contribution in [0.4, 0.5) is 4.39 Å². The van der Waals surface area contributed by atoms with Crippen molar-refractivity contribution in [2.24, 2.45) is 0 Å². The van der Waals surface area contributed by atoms with Crippen LogP contribution in [0, 0.1) is 5.82 Å². The second kappa shape index (κ2) is 11.8. The van der Waals surface area contributed by atoms with Crippen molar-refractivity contribution in [3.8, 4) is 5.75 Å². The Balaban J connectivity index is 1.37. The van der Waals surface area contributed by atoms with Gasteiger partial charge in [-0.2, -0.15) is 4.72 Å². The summed E-state index contributed by atoms with van der Waals surface area (Å²) < 4.78 is 46.4. The van der Waals surface area contributed by atoms with Crippen LogP contribution in [-0.2, 0) is 21.2 Å². The van der Waals surface area contributed by atoms with E-state index in [1.807, 2.05) is 30.3 Å². The number of fused-ring (bicyclic) bond motifs is 1. The average molecular weight is 516 g/mol. The minimum absolute atomic E-state index is 0.0457. The number of benzene rings is 3. The first kappa shape index (κ1) is 26.0. The molecule has 0 bridgehead atoms. The van der Waals surface area contributed by atoms with Gasteiger partial charge in [-0.3, -0.25) is 4.79 Å². The van der Waals surface area contributed by atoms with E-state index in [1.54, 1.807) is 6.07 Å². The molecule has 0 radical (unpaired) electrons. The molecule has 1 aliphatic rings. The summed E-state index contributed by atoms with van der Waals surface area (Å²) >= 11 is 0. The number of halogens is 1. The van der Waals surface area contributed by atoms with Crippen molar-refractivity contribution < 1.29 is 27.4 Å². The van der Waals surface area contributed by atoms with Crippen LogP contribution in [-0.4, -0.2) is 69.8 Å². The van der Waals surface area contributed by atoms with E-state index >= 15 is 0 Å². The van der Waals surface area contributed by atoms with Gasteiger partial charge in [0.15, 0.2) is 0 Å². The molecule has 0 aliphatic carbocycles. The summed E-state index contributed by atoms with van der Waals surface area (Å²) in [4.78, 5) is 14.0. The SMILES string of the molecule is O=C(O)C(Cc1ccc2cc(OCCCN3CCNCC3)ccc2c1)NS(=O)(=O)c1ccc(F)cc1. The molecule has 1 aliphatic heterocycles. The molecule has 0 amide bonds. The van der Waals surface area contributed by atoms with Crippen LogP contribution < -0.4 is 14.8 Å². The van der Waals surface area contributed by atoms with Gasteiger partial charge in [0.25, 0.3) is 0 Å². The molecule has 1 saturated heterocycles. The molecule has 0 spiro atoms. The van der Waals surface area contributed by atoms with Gasteiger partial charge in [-0.25, -0.2) is 12.8 Å². The fraction of sp³-hybridized carbons (Fsp3) is 0.346. The number of piperazine rings is 1. The zero-order valence-electron chi connectivity index (χ0n) is 19.8. The van der Waals surface area contributed by atoms with Crippen molar-refractivity contribution in [2.75, 3.05) is 39.3 Å². The lowest BCUT2D eigenvalue weighted by atomic mass is 10.0. The van der Waals surface area contributed by atoms with Gasteiger partial charge >= 0.3 is 5.97 Å². The highest BCUT2D eigenvalue weighted by Crippen LogP contribution is 2.23. The number of hydrogen-bond acceptors (Lipinski definition) is 6. The van der Waals surface area contributed by atoms with E-state index < -0.39 is 27.9 Å². The van der Waals surface area contributed by atoms with Crippen LogP contribution in [0.3, 0.4) is 0 Å². The Morgan fingerprint density at radius 2 is 1.75 bits per heavy atom. The van der Waals surface area contributed by atoms with Gasteiger partial charge < -0.3 is 20.1 Å². The molecule has 1 atom stereocenters. The highest BCUT2D eigenvalue weighted by molar-refractivity contribution is 7.89. The summed E-state index contributed by atoms with van der Waals surface area (Å²) in [5.41, 5.74) is 0.668. The number of rotatable bonds is 11.